The van der Waals surface area contributed by atoms with Crippen molar-refractivity contribution in [2.24, 2.45) is 0 Å². The molecule has 1 saturated heterocycles. The van der Waals surface area contributed by atoms with E-state index in [1.165, 1.54) is 32.4 Å². The van der Waals surface area contributed by atoms with Gasteiger partial charge in [0.05, 0.1) is 0 Å². The monoisotopic (exact) mass is 216 g/mol. The van der Waals surface area contributed by atoms with Gasteiger partial charge in [0.25, 0.3) is 0 Å². The van der Waals surface area contributed by atoms with Crippen LogP contribution in [0.5, 0.6) is 0 Å². The molecule has 2 nitrogen and oxygen atoms in total. The van der Waals surface area contributed by atoms with Crippen LogP contribution >= 0.6 is 0 Å². The van der Waals surface area contributed by atoms with E-state index >= 15 is 0 Å². The highest BCUT2D eigenvalue weighted by Gasteiger charge is 2.32. The number of hydrogen-bond acceptors (Lipinski definition) is 2. The smallest absolute Gasteiger partial charge is 0.0365 e. The number of benzene rings is 1. The molecule has 3 rings (SSSR count). The molecule has 2 aliphatic heterocycles. The van der Waals surface area contributed by atoms with Crippen molar-refractivity contribution in [3.63, 3.8) is 0 Å². The summed E-state index contributed by atoms with van der Waals surface area (Å²) in [4.78, 5) is 2.66. The maximum Gasteiger partial charge on any atom is 0.0365 e. The Morgan fingerprint density at radius 1 is 1.25 bits per heavy atom. The van der Waals surface area contributed by atoms with Crippen LogP contribution in [0.2, 0.25) is 0 Å². The van der Waals surface area contributed by atoms with Crippen molar-refractivity contribution < 1.29 is 0 Å². The molecule has 0 spiro atoms. The fraction of sp³-hybridized carbons (Fsp3) is 0.571. The van der Waals surface area contributed by atoms with Crippen molar-refractivity contribution in [3.8, 4) is 0 Å². The second kappa shape index (κ2) is 4.19. The number of nitrogens with zero attached hydrogens (tertiary/aromatic N) is 1. The first kappa shape index (κ1) is 10.3. The first-order valence-electron chi connectivity index (χ1n) is 6.37. The highest BCUT2D eigenvalue weighted by molar-refractivity contribution is 5.33. The molecule has 0 bridgehead atoms. The summed E-state index contributed by atoms with van der Waals surface area (Å²) < 4.78 is 0. The average molecular weight is 216 g/mol. The van der Waals surface area contributed by atoms with Gasteiger partial charge in [-0.2, -0.15) is 0 Å². The van der Waals surface area contributed by atoms with Crippen LogP contribution in [-0.2, 0) is 6.42 Å². The van der Waals surface area contributed by atoms with Gasteiger partial charge in [0.15, 0.2) is 0 Å². The molecule has 2 aliphatic rings. The Bertz CT molecular complexity index is 375. The first-order valence-corrected chi connectivity index (χ1v) is 6.37. The number of rotatable bonds is 1. The van der Waals surface area contributed by atoms with Gasteiger partial charge in [-0.05, 0) is 37.4 Å². The molecule has 0 saturated carbocycles. The third-order valence-corrected chi connectivity index (χ3v) is 4.20. The highest BCUT2D eigenvalue weighted by atomic mass is 15.2. The molecule has 86 valence electrons. The zero-order chi connectivity index (χ0) is 11.0. The van der Waals surface area contributed by atoms with Crippen LogP contribution in [0, 0.1) is 0 Å². The van der Waals surface area contributed by atoms with E-state index in [1.54, 1.807) is 11.1 Å². The van der Waals surface area contributed by atoms with E-state index < -0.39 is 0 Å². The predicted octanol–water partition coefficient (Wildman–Crippen LogP) is 1.97. The van der Waals surface area contributed by atoms with Crippen molar-refractivity contribution in [2.75, 3.05) is 20.1 Å². The van der Waals surface area contributed by atoms with Crippen molar-refractivity contribution in [2.45, 2.75) is 31.3 Å². The fourth-order valence-corrected chi connectivity index (χ4v) is 3.22. The molecule has 1 N–H and O–H groups in total. The summed E-state index contributed by atoms with van der Waals surface area (Å²) in [5, 5.41) is 3.44. The van der Waals surface area contributed by atoms with Gasteiger partial charge >= 0.3 is 0 Å². The summed E-state index contributed by atoms with van der Waals surface area (Å²) in [5.41, 5.74) is 3.15. The largest absolute Gasteiger partial charge is 0.317 e. The molecular formula is C14H20N2. The van der Waals surface area contributed by atoms with E-state index in [-0.39, 0.29) is 0 Å². The van der Waals surface area contributed by atoms with E-state index in [9.17, 15) is 0 Å². The fourth-order valence-electron chi connectivity index (χ4n) is 3.22. The quantitative estimate of drug-likeness (QED) is 0.772. The lowest BCUT2D eigenvalue weighted by Gasteiger charge is -2.43. The predicted molar refractivity (Wildman–Crippen MR) is 66.5 cm³/mol. The summed E-state index contributed by atoms with van der Waals surface area (Å²) in [6.07, 6.45) is 3.81. The molecule has 2 heterocycles. The molecule has 0 amide bonds. The van der Waals surface area contributed by atoms with Gasteiger partial charge < -0.3 is 5.32 Å². The van der Waals surface area contributed by atoms with Crippen molar-refractivity contribution in [1.29, 1.82) is 0 Å². The van der Waals surface area contributed by atoms with Gasteiger partial charge in [0, 0.05) is 25.2 Å². The lowest BCUT2D eigenvalue weighted by atomic mass is 9.85. The van der Waals surface area contributed by atoms with Crippen LogP contribution in [-0.4, -0.2) is 31.1 Å². The highest BCUT2D eigenvalue weighted by Crippen LogP contribution is 2.36. The van der Waals surface area contributed by atoms with Crippen molar-refractivity contribution in [1.82, 2.24) is 10.2 Å². The zero-order valence-corrected chi connectivity index (χ0v) is 9.95. The van der Waals surface area contributed by atoms with Crippen molar-refractivity contribution in [3.05, 3.63) is 35.4 Å². The van der Waals surface area contributed by atoms with Gasteiger partial charge in [-0.3, -0.25) is 4.90 Å². The lowest BCUT2D eigenvalue weighted by Crippen LogP contribution is -2.46. The summed E-state index contributed by atoms with van der Waals surface area (Å²) in [6.45, 7) is 2.50. The molecular weight excluding hydrogens is 196 g/mol. The van der Waals surface area contributed by atoms with E-state index in [0.717, 1.165) is 0 Å². The van der Waals surface area contributed by atoms with Gasteiger partial charge in [-0.15, -0.1) is 0 Å². The van der Waals surface area contributed by atoms with Gasteiger partial charge in [-0.25, -0.2) is 0 Å². The van der Waals surface area contributed by atoms with Crippen LogP contribution in [0.4, 0.5) is 0 Å². The van der Waals surface area contributed by atoms with E-state index in [2.05, 4.69) is 41.5 Å². The summed E-state index contributed by atoms with van der Waals surface area (Å²) in [5.74, 6) is 0. The Balaban J connectivity index is 1.90. The molecule has 1 aromatic rings. The maximum absolute atomic E-state index is 3.44. The van der Waals surface area contributed by atoms with Crippen molar-refractivity contribution >= 4 is 0 Å². The third kappa shape index (κ3) is 1.66. The number of nitrogens with one attached hydrogen (secondary N) is 1. The van der Waals surface area contributed by atoms with E-state index in [0.29, 0.717) is 12.1 Å². The van der Waals surface area contributed by atoms with Crippen LogP contribution in [0.25, 0.3) is 0 Å². The first-order chi connectivity index (χ1) is 7.88. The number of hydrogen-bond donors (Lipinski definition) is 1. The number of fused-ring (bicyclic) bond motifs is 3. The Hall–Kier alpha value is -0.860. The van der Waals surface area contributed by atoms with Gasteiger partial charge in [-0.1, -0.05) is 24.3 Å². The molecule has 16 heavy (non-hydrogen) atoms. The molecule has 1 aromatic carbocycles. The summed E-state index contributed by atoms with van der Waals surface area (Å²) in [7, 11) is 2.09. The maximum atomic E-state index is 3.44. The minimum absolute atomic E-state index is 0.663. The van der Waals surface area contributed by atoms with Crippen LogP contribution in [0.15, 0.2) is 24.3 Å². The second-order valence-electron chi connectivity index (χ2n) is 5.01. The van der Waals surface area contributed by atoms with E-state index in [1.807, 2.05) is 0 Å². The molecule has 2 atom stereocenters. The standard InChI is InChI=1S/C14H20N2/c1-15-12-7-9-16-8-6-11-4-2-3-5-13(11)14(16)10-12/h2-5,12,14-15H,6-10H2,1H3/t12-,14?/m1/s1. The zero-order valence-electron chi connectivity index (χ0n) is 9.95. The average Bonchev–Trinajstić information content (AvgIpc) is 2.38. The minimum atomic E-state index is 0.663. The molecule has 2 heteroatoms. The van der Waals surface area contributed by atoms with E-state index in [4.69, 9.17) is 0 Å². The lowest BCUT2D eigenvalue weighted by molar-refractivity contribution is 0.118. The summed E-state index contributed by atoms with van der Waals surface area (Å²) in [6, 6.07) is 10.3. The Morgan fingerprint density at radius 3 is 3.00 bits per heavy atom. The van der Waals surface area contributed by atoms with Crippen LogP contribution in [0.3, 0.4) is 0 Å². The molecule has 0 aliphatic carbocycles. The Morgan fingerprint density at radius 2 is 2.12 bits per heavy atom. The second-order valence-corrected chi connectivity index (χ2v) is 5.01. The minimum Gasteiger partial charge on any atom is -0.317 e. The molecule has 0 radical (unpaired) electrons. The van der Waals surface area contributed by atoms with Crippen LogP contribution in [0.1, 0.15) is 30.0 Å². The normalized spacial score (nSPS) is 29.6. The van der Waals surface area contributed by atoms with Gasteiger partial charge in [0.2, 0.25) is 0 Å². The third-order valence-electron chi connectivity index (χ3n) is 4.20. The van der Waals surface area contributed by atoms with Crippen LogP contribution < -0.4 is 5.32 Å². The molecule has 0 aromatic heterocycles. The molecule has 1 unspecified atom stereocenters. The molecule has 1 fully saturated rings. The summed E-state index contributed by atoms with van der Waals surface area (Å²) >= 11 is 0. The Labute approximate surface area is 97.6 Å². The number of piperidine rings is 1. The Kier molecular flexibility index (Phi) is 2.70. The topological polar surface area (TPSA) is 15.3 Å². The SMILES string of the molecule is CN[C@@H]1CCN2CCc3ccccc3C2C1. The van der Waals surface area contributed by atoms with Gasteiger partial charge in [0.1, 0.15) is 0 Å².